The van der Waals surface area contributed by atoms with Gasteiger partial charge in [-0.3, -0.25) is 4.79 Å². The lowest BCUT2D eigenvalue weighted by molar-refractivity contribution is -0.109. The summed E-state index contributed by atoms with van der Waals surface area (Å²) in [5.74, 6) is 0.555. The molecule has 0 saturated carbocycles. The number of hydrogen-bond donors (Lipinski definition) is 1. The zero-order valence-corrected chi connectivity index (χ0v) is 9.10. The SMILES string of the molecule is COc1cccc(C(=O)C2(CO)COC2)c1. The third-order valence-corrected chi connectivity index (χ3v) is 2.87. The molecule has 1 aromatic rings. The standard InChI is InChI=1S/C12H14O4/c1-15-10-4-2-3-9(5-10)11(14)12(6-13)7-16-8-12/h2-5,13H,6-8H2,1H3. The van der Waals surface area contributed by atoms with Gasteiger partial charge in [0.2, 0.25) is 0 Å². The summed E-state index contributed by atoms with van der Waals surface area (Å²) in [5.41, 5.74) is -0.191. The molecule has 16 heavy (non-hydrogen) atoms. The predicted octanol–water partition coefficient (Wildman–Crippen LogP) is 0.887. The number of aliphatic hydroxyl groups is 1. The van der Waals surface area contributed by atoms with Crippen molar-refractivity contribution in [3.8, 4) is 5.75 Å². The fraction of sp³-hybridized carbons (Fsp3) is 0.417. The van der Waals surface area contributed by atoms with Gasteiger partial charge in [0.25, 0.3) is 0 Å². The molecule has 1 saturated heterocycles. The fourth-order valence-electron chi connectivity index (χ4n) is 1.71. The van der Waals surface area contributed by atoms with E-state index in [1.165, 1.54) is 0 Å². The van der Waals surface area contributed by atoms with Crippen LogP contribution in [0.4, 0.5) is 0 Å². The van der Waals surface area contributed by atoms with Crippen LogP contribution in [0.1, 0.15) is 10.4 Å². The summed E-state index contributed by atoms with van der Waals surface area (Å²) in [6.07, 6.45) is 0. The molecule has 1 aliphatic rings. The molecular weight excluding hydrogens is 208 g/mol. The summed E-state index contributed by atoms with van der Waals surface area (Å²) in [6, 6.07) is 6.94. The van der Waals surface area contributed by atoms with Gasteiger partial charge in [0.15, 0.2) is 5.78 Å². The Labute approximate surface area is 93.8 Å². The maximum Gasteiger partial charge on any atom is 0.176 e. The van der Waals surface area contributed by atoms with E-state index in [-0.39, 0.29) is 12.4 Å². The molecule has 0 amide bonds. The van der Waals surface area contributed by atoms with Gasteiger partial charge in [0.1, 0.15) is 11.2 Å². The van der Waals surface area contributed by atoms with Gasteiger partial charge in [-0.1, -0.05) is 12.1 Å². The molecule has 2 rings (SSSR count). The molecule has 1 fully saturated rings. The van der Waals surface area contributed by atoms with Gasteiger partial charge in [0.05, 0.1) is 26.9 Å². The first-order valence-corrected chi connectivity index (χ1v) is 5.09. The molecule has 1 aromatic carbocycles. The Morgan fingerprint density at radius 2 is 2.31 bits per heavy atom. The number of benzene rings is 1. The van der Waals surface area contributed by atoms with Gasteiger partial charge in [0, 0.05) is 5.56 Å². The highest BCUT2D eigenvalue weighted by Crippen LogP contribution is 2.31. The molecule has 1 aliphatic heterocycles. The highest BCUT2D eigenvalue weighted by atomic mass is 16.5. The van der Waals surface area contributed by atoms with Crippen molar-refractivity contribution in [2.45, 2.75) is 0 Å². The molecule has 4 nitrogen and oxygen atoms in total. The predicted molar refractivity (Wildman–Crippen MR) is 57.7 cm³/mol. The minimum absolute atomic E-state index is 0.0832. The fourth-order valence-corrected chi connectivity index (χ4v) is 1.71. The van der Waals surface area contributed by atoms with Crippen LogP contribution in [0.15, 0.2) is 24.3 Å². The third-order valence-electron chi connectivity index (χ3n) is 2.87. The van der Waals surface area contributed by atoms with Crippen molar-refractivity contribution in [1.29, 1.82) is 0 Å². The summed E-state index contributed by atoms with van der Waals surface area (Å²) in [6.45, 7) is 0.405. The molecule has 0 bridgehead atoms. The lowest BCUT2D eigenvalue weighted by atomic mass is 9.79. The molecule has 0 unspecified atom stereocenters. The van der Waals surface area contributed by atoms with Crippen LogP contribution >= 0.6 is 0 Å². The molecule has 1 heterocycles. The van der Waals surface area contributed by atoms with Gasteiger partial charge in [-0.2, -0.15) is 0 Å². The summed E-state index contributed by atoms with van der Waals surface area (Å²) in [4.78, 5) is 12.2. The van der Waals surface area contributed by atoms with E-state index in [0.717, 1.165) is 0 Å². The molecule has 0 spiro atoms. The topological polar surface area (TPSA) is 55.8 Å². The number of Topliss-reactive ketones (excluding diaryl/α,β-unsaturated/α-hetero) is 1. The number of methoxy groups -OCH3 is 1. The largest absolute Gasteiger partial charge is 0.497 e. The molecule has 0 aromatic heterocycles. The summed E-state index contributed by atoms with van der Waals surface area (Å²) >= 11 is 0. The van der Waals surface area contributed by atoms with Gasteiger partial charge in [-0.15, -0.1) is 0 Å². The zero-order valence-electron chi connectivity index (χ0n) is 9.10. The Morgan fingerprint density at radius 1 is 1.56 bits per heavy atom. The lowest BCUT2D eigenvalue weighted by Crippen LogP contribution is -2.51. The lowest BCUT2D eigenvalue weighted by Gasteiger charge is -2.38. The Bertz CT molecular complexity index is 390. The molecular formula is C12H14O4. The summed E-state index contributed by atoms with van der Waals surface area (Å²) in [7, 11) is 1.55. The molecule has 1 N–H and O–H groups in total. The second kappa shape index (κ2) is 4.23. The van der Waals surface area contributed by atoms with Gasteiger partial charge in [-0.25, -0.2) is 0 Å². The van der Waals surface area contributed by atoms with E-state index in [4.69, 9.17) is 9.47 Å². The minimum Gasteiger partial charge on any atom is -0.497 e. The summed E-state index contributed by atoms with van der Waals surface area (Å²) in [5, 5.41) is 9.26. The molecule has 0 aliphatic carbocycles. The second-order valence-electron chi connectivity index (χ2n) is 3.99. The van der Waals surface area contributed by atoms with E-state index in [9.17, 15) is 9.90 Å². The number of carbonyl (C=O) groups is 1. The Balaban J connectivity index is 2.26. The van der Waals surface area contributed by atoms with Crippen molar-refractivity contribution in [1.82, 2.24) is 0 Å². The van der Waals surface area contributed by atoms with Crippen molar-refractivity contribution in [2.24, 2.45) is 5.41 Å². The molecule has 4 heteroatoms. The quantitative estimate of drug-likeness (QED) is 0.768. The highest BCUT2D eigenvalue weighted by Gasteiger charge is 2.45. The molecule has 0 atom stereocenters. The first kappa shape index (κ1) is 11.1. The van der Waals surface area contributed by atoms with Crippen molar-refractivity contribution in [3.63, 3.8) is 0 Å². The van der Waals surface area contributed by atoms with Gasteiger partial charge >= 0.3 is 0 Å². The molecule has 86 valence electrons. The highest BCUT2D eigenvalue weighted by molar-refractivity contribution is 6.01. The first-order valence-electron chi connectivity index (χ1n) is 5.09. The van der Waals surface area contributed by atoms with Crippen LogP contribution in [0.25, 0.3) is 0 Å². The Kier molecular flexibility index (Phi) is 2.94. The second-order valence-corrected chi connectivity index (χ2v) is 3.99. The minimum atomic E-state index is -0.744. The number of ketones is 1. The van der Waals surface area contributed by atoms with E-state index in [1.807, 2.05) is 0 Å². The monoisotopic (exact) mass is 222 g/mol. The normalized spacial score (nSPS) is 17.6. The van der Waals surface area contributed by atoms with Crippen LogP contribution in [0, 0.1) is 5.41 Å². The maximum absolute atomic E-state index is 12.2. The smallest absolute Gasteiger partial charge is 0.176 e. The Hall–Kier alpha value is -1.39. The van der Waals surface area contributed by atoms with E-state index in [1.54, 1.807) is 31.4 Å². The van der Waals surface area contributed by atoms with Crippen molar-refractivity contribution in [3.05, 3.63) is 29.8 Å². The number of aliphatic hydroxyl groups excluding tert-OH is 1. The van der Waals surface area contributed by atoms with E-state index < -0.39 is 5.41 Å². The first-order chi connectivity index (χ1) is 7.72. The van der Waals surface area contributed by atoms with E-state index in [2.05, 4.69) is 0 Å². The Morgan fingerprint density at radius 3 is 2.81 bits per heavy atom. The number of rotatable bonds is 4. The van der Waals surface area contributed by atoms with Crippen LogP contribution in [0.5, 0.6) is 5.75 Å². The number of carbonyl (C=O) groups excluding carboxylic acids is 1. The molecule has 0 radical (unpaired) electrons. The van der Waals surface area contributed by atoms with Crippen molar-refractivity contribution in [2.75, 3.05) is 26.9 Å². The zero-order chi connectivity index (χ0) is 11.6. The van der Waals surface area contributed by atoms with Crippen LogP contribution in [-0.4, -0.2) is 37.8 Å². The summed E-state index contributed by atoms with van der Waals surface area (Å²) < 4.78 is 10.1. The van der Waals surface area contributed by atoms with Crippen LogP contribution in [0.3, 0.4) is 0 Å². The van der Waals surface area contributed by atoms with Crippen molar-refractivity contribution < 1.29 is 19.4 Å². The maximum atomic E-state index is 12.2. The average molecular weight is 222 g/mol. The number of ether oxygens (including phenoxy) is 2. The van der Waals surface area contributed by atoms with Crippen LogP contribution < -0.4 is 4.74 Å². The number of hydrogen-bond acceptors (Lipinski definition) is 4. The van der Waals surface area contributed by atoms with Crippen molar-refractivity contribution >= 4 is 5.78 Å². The van der Waals surface area contributed by atoms with Gasteiger partial charge in [-0.05, 0) is 12.1 Å². The average Bonchev–Trinajstić information content (AvgIpc) is 2.28. The third kappa shape index (κ3) is 1.70. The van der Waals surface area contributed by atoms with E-state index >= 15 is 0 Å². The van der Waals surface area contributed by atoms with E-state index in [0.29, 0.717) is 24.5 Å². The van der Waals surface area contributed by atoms with Gasteiger partial charge < -0.3 is 14.6 Å². The van der Waals surface area contributed by atoms with Crippen LogP contribution in [-0.2, 0) is 4.74 Å². The van der Waals surface area contributed by atoms with Crippen LogP contribution in [0.2, 0.25) is 0 Å².